The molecule has 0 fully saturated rings. The minimum Gasteiger partial charge on any atom is -0.269 e. The molecule has 4 nitrogen and oxygen atoms in total. The minimum absolute atomic E-state index is 0.232. The molecule has 9 heteroatoms. The zero-order chi connectivity index (χ0) is 20.7. The van der Waals surface area contributed by atoms with E-state index in [4.69, 9.17) is 0 Å². The van der Waals surface area contributed by atoms with Crippen molar-refractivity contribution in [2.75, 3.05) is 0 Å². The van der Waals surface area contributed by atoms with Gasteiger partial charge in [0.2, 0.25) is 5.82 Å². The summed E-state index contributed by atoms with van der Waals surface area (Å²) in [6, 6.07) is 3.00. The molecule has 0 radical (unpaired) electrons. The number of halogens is 5. The van der Waals surface area contributed by atoms with Gasteiger partial charge in [0.1, 0.15) is 0 Å². The Morgan fingerprint density at radius 3 is 1.89 bits per heavy atom. The van der Waals surface area contributed by atoms with Gasteiger partial charge in [0.05, 0.1) is 16.8 Å². The maximum Gasteiger partial charge on any atom is 0.340 e. The molecule has 1 aliphatic rings. The summed E-state index contributed by atoms with van der Waals surface area (Å²) in [6.45, 7) is 4.49. The van der Waals surface area contributed by atoms with Crippen molar-refractivity contribution in [3.8, 4) is 0 Å². The van der Waals surface area contributed by atoms with E-state index in [9.17, 15) is 31.5 Å². The monoisotopic (exact) mass is 394 g/mol. The molecule has 3 heterocycles. The maximum atomic E-state index is 14.4. The third-order valence-corrected chi connectivity index (χ3v) is 4.93. The quantitative estimate of drug-likeness (QED) is 0.357. The Hall–Kier alpha value is -3.23. The van der Waals surface area contributed by atoms with Crippen LogP contribution in [0.2, 0.25) is 0 Å². The predicted molar refractivity (Wildman–Crippen MR) is 89.7 cm³/mol. The Morgan fingerprint density at radius 2 is 1.32 bits per heavy atom. The first-order chi connectivity index (χ1) is 13.1. The maximum absolute atomic E-state index is 14.4. The van der Waals surface area contributed by atoms with Gasteiger partial charge in [-0.05, 0) is 38.5 Å². The number of carbonyl (C=O) groups is 1. The van der Waals surface area contributed by atoms with Crippen LogP contribution in [0.5, 0.6) is 0 Å². The zero-order valence-electron chi connectivity index (χ0n) is 14.8. The van der Waals surface area contributed by atoms with Gasteiger partial charge in [0, 0.05) is 16.8 Å². The summed E-state index contributed by atoms with van der Waals surface area (Å²) in [5.74, 6) is -11.6. The molecule has 28 heavy (non-hydrogen) atoms. The van der Waals surface area contributed by atoms with Crippen molar-refractivity contribution in [1.82, 2.24) is 8.97 Å². The molecule has 0 spiro atoms. The first-order valence-corrected chi connectivity index (χ1v) is 8.10. The highest BCUT2D eigenvalue weighted by Gasteiger charge is 2.36. The number of hydrogen-bond donors (Lipinski definition) is 0. The van der Waals surface area contributed by atoms with E-state index in [0.29, 0.717) is 21.3 Å². The summed E-state index contributed by atoms with van der Waals surface area (Å²) in [4.78, 5) is 25.4. The van der Waals surface area contributed by atoms with Crippen molar-refractivity contribution < 1.29 is 26.7 Å². The molecule has 3 aromatic rings. The molecule has 1 aromatic carbocycles. The van der Waals surface area contributed by atoms with Crippen molar-refractivity contribution in [2.24, 2.45) is 0 Å². The molecular weight excluding hydrogens is 383 g/mol. The van der Waals surface area contributed by atoms with E-state index in [1.54, 1.807) is 19.9 Å². The highest BCUT2D eigenvalue weighted by molar-refractivity contribution is 6.11. The van der Waals surface area contributed by atoms with Crippen LogP contribution in [0.25, 0.3) is 11.1 Å². The number of fused-ring (bicyclic) bond motifs is 2. The molecule has 0 unspecified atom stereocenters. The molecule has 0 saturated heterocycles. The molecule has 1 aliphatic heterocycles. The van der Waals surface area contributed by atoms with Crippen molar-refractivity contribution in [1.29, 1.82) is 0 Å². The molecule has 0 amide bonds. The van der Waals surface area contributed by atoms with E-state index in [1.807, 2.05) is 0 Å². The van der Waals surface area contributed by atoms with Crippen LogP contribution in [0.3, 0.4) is 0 Å². The van der Waals surface area contributed by atoms with Gasteiger partial charge in [-0.2, -0.15) is 0 Å². The lowest BCUT2D eigenvalue weighted by atomic mass is 9.97. The topological polar surface area (TPSA) is 43.5 Å². The smallest absolute Gasteiger partial charge is 0.269 e. The van der Waals surface area contributed by atoms with Gasteiger partial charge < -0.3 is 0 Å². The van der Waals surface area contributed by atoms with Crippen LogP contribution in [-0.2, 0) is 0 Å². The van der Waals surface area contributed by atoms with Crippen molar-refractivity contribution in [2.45, 2.75) is 20.8 Å². The van der Waals surface area contributed by atoms with Crippen LogP contribution in [0.15, 0.2) is 22.5 Å². The number of benzene rings is 1. The largest absolute Gasteiger partial charge is 0.340 e. The van der Waals surface area contributed by atoms with Crippen molar-refractivity contribution >= 4 is 17.0 Å². The summed E-state index contributed by atoms with van der Waals surface area (Å²) in [6.07, 6.45) is 0. The molecule has 2 aromatic heterocycles. The summed E-state index contributed by atoms with van der Waals surface area (Å²) in [5.41, 5.74) is -1.53. The first kappa shape index (κ1) is 18.1. The van der Waals surface area contributed by atoms with E-state index < -0.39 is 51.8 Å². The van der Waals surface area contributed by atoms with Gasteiger partial charge in [-0.25, -0.2) is 31.3 Å². The lowest BCUT2D eigenvalue weighted by Crippen LogP contribution is -2.31. The Labute approximate surface area is 154 Å². The standard InChI is InChI=1S/C19H11F5N2O2/c1-6-4-7(2)25-9(6)5-10-11(8(3)18(27)26(10)19(25)28)12-13(20)15(22)17(24)16(23)14(12)21/h4-5H,1-3H3. The van der Waals surface area contributed by atoms with E-state index in [0.717, 1.165) is 6.92 Å². The molecule has 144 valence electrons. The minimum atomic E-state index is -2.30. The van der Waals surface area contributed by atoms with Gasteiger partial charge in [-0.3, -0.25) is 9.20 Å². The third-order valence-electron chi connectivity index (χ3n) is 4.93. The lowest BCUT2D eigenvalue weighted by Gasteiger charge is -2.12. The number of aromatic nitrogens is 2. The number of nitrogens with zero attached hydrogens (tertiary/aromatic N) is 2. The lowest BCUT2D eigenvalue weighted by molar-refractivity contribution is 0.0955. The molecular formula is C19H11F5N2O2. The van der Waals surface area contributed by atoms with Crippen LogP contribution in [0.1, 0.15) is 34.2 Å². The Bertz CT molecular complexity index is 1300. The Morgan fingerprint density at radius 1 is 0.786 bits per heavy atom. The Kier molecular flexibility index (Phi) is 3.65. The normalized spacial score (nSPS) is 13.8. The third kappa shape index (κ3) is 2.04. The number of aryl methyl sites for hydroxylation is 2. The molecule has 0 bridgehead atoms. The molecule has 0 aliphatic carbocycles. The number of hydrogen-bond acceptors (Lipinski definition) is 2. The number of allylic oxidation sites excluding steroid dienone is 1. The second-order valence-corrected chi connectivity index (χ2v) is 6.59. The van der Waals surface area contributed by atoms with Gasteiger partial charge >= 0.3 is 5.69 Å². The highest BCUT2D eigenvalue weighted by Crippen LogP contribution is 2.38. The van der Waals surface area contributed by atoms with E-state index >= 15 is 0 Å². The second-order valence-electron chi connectivity index (χ2n) is 6.59. The molecule has 4 rings (SSSR count). The van der Waals surface area contributed by atoms with E-state index in [-0.39, 0.29) is 11.3 Å². The highest BCUT2D eigenvalue weighted by atomic mass is 19.2. The van der Waals surface area contributed by atoms with Gasteiger partial charge in [0.15, 0.2) is 23.3 Å². The van der Waals surface area contributed by atoms with Crippen LogP contribution in [-0.4, -0.2) is 14.9 Å². The van der Waals surface area contributed by atoms with Gasteiger partial charge in [-0.15, -0.1) is 0 Å². The van der Waals surface area contributed by atoms with Crippen LogP contribution in [0, 0.1) is 42.9 Å². The fraction of sp³-hybridized carbons (Fsp3) is 0.158. The van der Waals surface area contributed by atoms with Crippen molar-refractivity contribution in [3.05, 3.63) is 79.8 Å². The number of carbonyl (C=O) groups excluding carboxylic acids is 1. The SMILES string of the molecule is CC1=C(c2c(F)c(F)c(F)c(F)c2F)c2cc3c(C)cc(C)n3c(=O)n2C1=O. The first-order valence-electron chi connectivity index (χ1n) is 8.10. The van der Waals surface area contributed by atoms with Crippen LogP contribution < -0.4 is 5.69 Å². The Balaban J connectivity index is 2.17. The fourth-order valence-corrected chi connectivity index (χ4v) is 3.63. The summed E-state index contributed by atoms with van der Waals surface area (Å²) < 4.78 is 71.5. The molecule has 0 saturated carbocycles. The molecule has 0 atom stereocenters. The van der Waals surface area contributed by atoms with Crippen LogP contribution >= 0.6 is 0 Å². The summed E-state index contributed by atoms with van der Waals surface area (Å²) in [7, 11) is 0. The fourth-order valence-electron chi connectivity index (χ4n) is 3.63. The molecule has 0 N–H and O–H groups in total. The second kappa shape index (κ2) is 5.63. The van der Waals surface area contributed by atoms with Crippen molar-refractivity contribution in [3.63, 3.8) is 0 Å². The number of rotatable bonds is 1. The van der Waals surface area contributed by atoms with Crippen LogP contribution in [0.4, 0.5) is 22.0 Å². The predicted octanol–water partition coefficient (Wildman–Crippen LogP) is 3.89. The average Bonchev–Trinajstić information content (AvgIpc) is 3.07. The average molecular weight is 394 g/mol. The van der Waals surface area contributed by atoms with Gasteiger partial charge in [0.25, 0.3) is 5.91 Å². The van der Waals surface area contributed by atoms with Gasteiger partial charge in [-0.1, -0.05) is 0 Å². The summed E-state index contributed by atoms with van der Waals surface area (Å²) >= 11 is 0. The summed E-state index contributed by atoms with van der Waals surface area (Å²) in [5, 5.41) is 0. The van der Waals surface area contributed by atoms with E-state index in [2.05, 4.69) is 0 Å². The zero-order valence-corrected chi connectivity index (χ0v) is 14.8. The van der Waals surface area contributed by atoms with E-state index in [1.165, 1.54) is 10.5 Å².